The van der Waals surface area contributed by atoms with Gasteiger partial charge in [-0.15, -0.1) is 6.42 Å². The Morgan fingerprint density at radius 1 is 1.44 bits per heavy atom. The van der Waals surface area contributed by atoms with Gasteiger partial charge < -0.3 is 0 Å². The zero-order valence-electron chi connectivity index (χ0n) is 5.35. The highest BCUT2D eigenvalue weighted by molar-refractivity contribution is 5.35. The Kier molecular flexibility index (Phi) is 1.75. The first-order valence-corrected chi connectivity index (χ1v) is 3.11. The average Bonchev–Trinajstić information content (AvgIpc) is 2.18. The molecule has 0 heteroatoms. The van der Waals surface area contributed by atoms with E-state index in [1.54, 1.807) is 6.08 Å². The van der Waals surface area contributed by atoms with Crippen LogP contribution in [0.1, 0.15) is 19.3 Å². The van der Waals surface area contributed by atoms with Gasteiger partial charge in [0.25, 0.3) is 0 Å². The van der Waals surface area contributed by atoms with Crippen molar-refractivity contribution in [1.82, 2.24) is 0 Å². The van der Waals surface area contributed by atoms with Crippen molar-refractivity contribution in [2.45, 2.75) is 19.3 Å². The largest absolute Gasteiger partial charge is 0.115 e. The Balaban J connectivity index is 2.73. The van der Waals surface area contributed by atoms with Crippen LogP contribution >= 0.6 is 0 Å². The van der Waals surface area contributed by atoms with Crippen LogP contribution in [0.4, 0.5) is 0 Å². The van der Waals surface area contributed by atoms with E-state index in [-0.39, 0.29) is 0 Å². The summed E-state index contributed by atoms with van der Waals surface area (Å²) in [5.41, 5.74) is 2.14. The second kappa shape index (κ2) is 2.55. The molecule has 0 spiro atoms. The second-order valence-electron chi connectivity index (χ2n) is 2.22. The van der Waals surface area contributed by atoms with Crippen molar-refractivity contribution in [2.24, 2.45) is 0 Å². The number of hydrogen-bond donors (Lipinski definition) is 0. The Hall–Kier alpha value is -0.960. The number of terminal acetylenes is 1. The molecule has 1 radical (unpaired) electrons. The maximum Gasteiger partial charge on any atom is -0.00867 e. The molecule has 0 saturated heterocycles. The Morgan fingerprint density at radius 3 is 2.67 bits per heavy atom. The lowest BCUT2D eigenvalue weighted by Crippen LogP contribution is -1.72. The second-order valence-corrected chi connectivity index (χ2v) is 2.22. The standard InChI is InChI=1S/C9H9/c1-3-5-9-7-4-6-8(9)2/h1-2,5H,4,6-7H2/b8-2?,9-5+. The molecule has 0 aliphatic heterocycles. The normalized spacial score (nSPS) is 22.6. The molecule has 0 bridgehead atoms. The molecule has 1 saturated carbocycles. The van der Waals surface area contributed by atoms with Crippen LogP contribution in [-0.4, -0.2) is 0 Å². The molecule has 0 heterocycles. The molecule has 0 unspecified atom stereocenters. The Bertz CT molecular complexity index is 189. The van der Waals surface area contributed by atoms with Crippen LogP contribution in [0.25, 0.3) is 0 Å². The highest BCUT2D eigenvalue weighted by Gasteiger charge is 2.09. The molecular formula is C9H9. The highest BCUT2D eigenvalue weighted by Crippen LogP contribution is 2.27. The maximum atomic E-state index is 5.62. The number of hydrogen-bond acceptors (Lipinski definition) is 0. The number of allylic oxidation sites excluding steroid dienone is 3. The summed E-state index contributed by atoms with van der Waals surface area (Å²) >= 11 is 0. The fourth-order valence-electron chi connectivity index (χ4n) is 1.06. The molecule has 0 aromatic carbocycles. The third-order valence-corrected chi connectivity index (χ3v) is 1.56. The van der Waals surface area contributed by atoms with Gasteiger partial charge in [0.1, 0.15) is 0 Å². The maximum absolute atomic E-state index is 5.62. The predicted molar refractivity (Wildman–Crippen MR) is 38.6 cm³/mol. The molecule has 1 rings (SSSR count). The monoisotopic (exact) mass is 117 g/mol. The zero-order valence-corrected chi connectivity index (χ0v) is 5.35. The van der Waals surface area contributed by atoms with Crippen LogP contribution in [0.5, 0.6) is 0 Å². The van der Waals surface area contributed by atoms with Gasteiger partial charge in [0, 0.05) is 0 Å². The van der Waals surface area contributed by atoms with Gasteiger partial charge in [-0.25, -0.2) is 0 Å². The van der Waals surface area contributed by atoms with Gasteiger partial charge in [-0.1, -0.05) is 12.5 Å². The summed E-state index contributed by atoms with van der Waals surface area (Å²) in [5.74, 6) is 2.48. The van der Waals surface area contributed by atoms with Crippen LogP contribution < -0.4 is 0 Å². The van der Waals surface area contributed by atoms with Crippen LogP contribution in [0.15, 0.2) is 17.2 Å². The molecule has 0 nitrogen and oxygen atoms in total. The minimum absolute atomic E-state index is 0.980. The zero-order chi connectivity index (χ0) is 6.69. The Morgan fingerprint density at radius 2 is 2.22 bits per heavy atom. The van der Waals surface area contributed by atoms with E-state index < -0.39 is 0 Å². The predicted octanol–water partition coefficient (Wildman–Crippen LogP) is 2.09. The van der Waals surface area contributed by atoms with Gasteiger partial charge in [-0.3, -0.25) is 0 Å². The molecule has 9 heavy (non-hydrogen) atoms. The van der Waals surface area contributed by atoms with Crippen LogP contribution in [0.2, 0.25) is 0 Å². The summed E-state index contributed by atoms with van der Waals surface area (Å²) in [5, 5.41) is 0. The van der Waals surface area contributed by atoms with Gasteiger partial charge in [0.15, 0.2) is 0 Å². The minimum atomic E-state index is 0.980. The van der Waals surface area contributed by atoms with Crippen molar-refractivity contribution in [2.75, 3.05) is 0 Å². The van der Waals surface area contributed by atoms with E-state index in [0.717, 1.165) is 24.0 Å². The molecule has 0 aromatic heterocycles. The smallest absolute Gasteiger partial charge is 0.00867 e. The van der Waals surface area contributed by atoms with Crippen molar-refractivity contribution in [1.29, 1.82) is 0 Å². The molecular weight excluding hydrogens is 108 g/mol. The molecule has 0 aromatic rings. The fourth-order valence-corrected chi connectivity index (χ4v) is 1.06. The van der Waals surface area contributed by atoms with Gasteiger partial charge in [0.05, 0.1) is 0 Å². The molecule has 1 fully saturated rings. The number of rotatable bonds is 0. The van der Waals surface area contributed by atoms with Crippen molar-refractivity contribution < 1.29 is 0 Å². The minimum Gasteiger partial charge on any atom is -0.115 e. The van der Waals surface area contributed by atoms with Gasteiger partial charge in [-0.2, -0.15) is 0 Å². The van der Waals surface area contributed by atoms with E-state index in [9.17, 15) is 0 Å². The molecule has 0 atom stereocenters. The lowest BCUT2D eigenvalue weighted by molar-refractivity contribution is 0.933. The third-order valence-electron chi connectivity index (χ3n) is 1.56. The van der Waals surface area contributed by atoms with E-state index >= 15 is 0 Å². The quantitative estimate of drug-likeness (QED) is 0.426. The summed E-state index contributed by atoms with van der Waals surface area (Å²) in [6.07, 6.45) is 10.1. The van der Waals surface area contributed by atoms with Crippen molar-refractivity contribution in [3.63, 3.8) is 0 Å². The highest BCUT2D eigenvalue weighted by atomic mass is 14.1. The summed E-state index contributed by atoms with van der Waals surface area (Å²) in [7, 11) is 0. The fraction of sp³-hybridized carbons (Fsp3) is 0.333. The third kappa shape index (κ3) is 1.23. The summed E-state index contributed by atoms with van der Waals surface area (Å²) in [6.45, 7) is 5.62. The first kappa shape index (κ1) is 6.16. The van der Waals surface area contributed by atoms with Crippen LogP contribution in [-0.2, 0) is 0 Å². The summed E-state index contributed by atoms with van der Waals surface area (Å²) in [4.78, 5) is 0. The summed E-state index contributed by atoms with van der Waals surface area (Å²) < 4.78 is 0. The molecule has 45 valence electrons. The molecule has 1 aliphatic rings. The first-order chi connectivity index (χ1) is 4.34. The van der Waals surface area contributed by atoms with Crippen LogP contribution in [0, 0.1) is 18.9 Å². The van der Waals surface area contributed by atoms with Crippen molar-refractivity contribution >= 4 is 0 Å². The van der Waals surface area contributed by atoms with E-state index in [0.29, 0.717) is 0 Å². The first-order valence-electron chi connectivity index (χ1n) is 3.11. The lowest BCUT2D eigenvalue weighted by atomic mass is 10.1. The molecule has 0 N–H and O–H groups in total. The van der Waals surface area contributed by atoms with Crippen LogP contribution in [0.3, 0.4) is 0 Å². The van der Waals surface area contributed by atoms with Gasteiger partial charge in [-0.05, 0) is 36.5 Å². The van der Waals surface area contributed by atoms with Crippen molar-refractivity contribution in [3.05, 3.63) is 23.8 Å². The van der Waals surface area contributed by atoms with E-state index in [4.69, 9.17) is 13.0 Å². The molecule has 1 aliphatic carbocycles. The van der Waals surface area contributed by atoms with E-state index in [1.165, 1.54) is 6.42 Å². The average molecular weight is 117 g/mol. The van der Waals surface area contributed by atoms with E-state index in [1.807, 2.05) is 0 Å². The molecule has 0 amide bonds. The Labute approximate surface area is 56.3 Å². The van der Waals surface area contributed by atoms with Gasteiger partial charge in [0.2, 0.25) is 0 Å². The topological polar surface area (TPSA) is 0 Å². The van der Waals surface area contributed by atoms with Crippen molar-refractivity contribution in [3.8, 4) is 12.3 Å². The SMILES string of the molecule is [CH]=C1CCC/C1=C\C#C. The summed E-state index contributed by atoms with van der Waals surface area (Å²) in [6, 6.07) is 0. The lowest BCUT2D eigenvalue weighted by Gasteiger charge is -1.90. The van der Waals surface area contributed by atoms with Gasteiger partial charge >= 0.3 is 0 Å². The van der Waals surface area contributed by atoms with E-state index in [2.05, 4.69) is 5.92 Å².